The van der Waals surface area contributed by atoms with Crippen molar-refractivity contribution in [2.24, 2.45) is 0 Å². The quantitative estimate of drug-likeness (QED) is 0.695. The standard InChI is InChI=1S/C16H17ClN2O2/c1-19(2)15-7-6-13(18)9-14(15)16(20)21-10-11-4-3-5-12(17)8-11/h3-9H,10,18H2,1-2H3. The summed E-state index contributed by atoms with van der Waals surface area (Å²) in [5.41, 5.74) is 8.32. The summed E-state index contributed by atoms with van der Waals surface area (Å²) in [6, 6.07) is 12.4. The minimum Gasteiger partial charge on any atom is -0.457 e. The summed E-state index contributed by atoms with van der Waals surface area (Å²) in [7, 11) is 3.72. The fourth-order valence-corrected chi connectivity index (χ4v) is 2.17. The van der Waals surface area contributed by atoms with E-state index in [1.54, 1.807) is 30.3 Å². The van der Waals surface area contributed by atoms with Crippen molar-refractivity contribution < 1.29 is 9.53 Å². The van der Waals surface area contributed by atoms with Crippen LogP contribution in [0.3, 0.4) is 0 Å². The second-order valence-corrected chi connectivity index (χ2v) is 5.31. The third-order valence-electron chi connectivity index (χ3n) is 2.98. The number of ether oxygens (including phenoxy) is 1. The number of benzene rings is 2. The van der Waals surface area contributed by atoms with Crippen LogP contribution in [0.25, 0.3) is 0 Å². The van der Waals surface area contributed by atoms with Gasteiger partial charge in [-0.2, -0.15) is 0 Å². The van der Waals surface area contributed by atoms with Crippen LogP contribution in [0.2, 0.25) is 5.02 Å². The molecule has 0 amide bonds. The molecule has 0 saturated carbocycles. The van der Waals surface area contributed by atoms with Gasteiger partial charge in [-0.05, 0) is 35.9 Å². The van der Waals surface area contributed by atoms with Gasteiger partial charge >= 0.3 is 5.97 Å². The largest absolute Gasteiger partial charge is 0.457 e. The molecule has 0 atom stereocenters. The van der Waals surface area contributed by atoms with Gasteiger partial charge < -0.3 is 15.4 Å². The Morgan fingerprint density at radius 2 is 2.00 bits per heavy atom. The summed E-state index contributed by atoms with van der Waals surface area (Å²) in [5.74, 6) is -0.411. The molecular weight excluding hydrogens is 288 g/mol. The van der Waals surface area contributed by atoms with Crippen LogP contribution in [0.4, 0.5) is 11.4 Å². The van der Waals surface area contributed by atoms with Gasteiger partial charge in [0.2, 0.25) is 0 Å². The van der Waals surface area contributed by atoms with Crippen molar-refractivity contribution in [2.75, 3.05) is 24.7 Å². The van der Waals surface area contributed by atoms with Gasteiger partial charge in [0.05, 0.1) is 11.3 Å². The van der Waals surface area contributed by atoms with E-state index in [4.69, 9.17) is 22.1 Å². The predicted molar refractivity (Wildman–Crippen MR) is 85.8 cm³/mol. The molecular formula is C16H17ClN2O2. The normalized spacial score (nSPS) is 10.2. The zero-order valence-electron chi connectivity index (χ0n) is 12.0. The van der Waals surface area contributed by atoms with Crippen molar-refractivity contribution in [1.82, 2.24) is 0 Å². The van der Waals surface area contributed by atoms with Gasteiger partial charge in [0.15, 0.2) is 0 Å². The number of anilines is 2. The first-order valence-electron chi connectivity index (χ1n) is 6.46. The SMILES string of the molecule is CN(C)c1ccc(N)cc1C(=O)OCc1cccc(Cl)c1. The molecule has 0 heterocycles. The molecule has 0 bridgehead atoms. The van der Waals surface area contributed by atoms with E-state index in [1.807, 2.05) is 31.1 Å². The number of nitrogens with zero attached hydrogens (tertiary/aromatic N) is 1. The average Bonchev–Trinajstić information content (AvgIpc) is 2.44. The van der Waals surface area contributed by atoms with Crippen LogP contribution in [0.1, 0.15) is 15.9 Å². The minimum atomic E-state index is -0.411. The van der Waals surface area contributed by atoms with E-state index in [-0.39, 0.29) is 6.61 Å². The smallest absolute Gasteiger partial charge is 0.340 e. The van der Waals surface area contributed by atoms with Gasteiger partial charge in [-0.1, -0.05) is 23.7 Å². The molecule has 0 aliphatic rings. The fourth-order valence-electron chi connectivity index (χ4n) is 1.96. The van der Waals surface area contributed by atoms with Gasteiger partial charge in [0.1, 0.15) is 6.61 Å². The lowest BCUT2D eigenvalue weighted by Crippen LogP contribution is -2.15. The summed E-state index contributed by atoms with van der Waals surface area (Å²) in [6.07, 6.45) is 0. The van der Waals surface area contributed by atoms with Crippen molar-refractivity contribution in [1.29, 1.82) is 0 Å². The van der Waals surface area contributed by atoms with E-state index in [2.05, 4.69) is 0 Å². The monoisotopic (exact) mass is 304 g/mol. The maximum Gasteiger partial charge on any atom is 0.340 e. The Kier molecular flexibility index (Phi) is 4.70. The van der Waals surface area contributed by atoms with Crippen LogP contribution in [0.15, 0.2) is 42.5 Å². The van der Waals surface area contributed by atoms with Gasteiger partial charge in [-0.25, -0.2) is 4.79 Å². The van der Waals surface area contributed by atoms with E-state index in [0.29, 0.717) is 16.3 Å². The van der Waals surface area contributed by atoms with Crippen molar-refractivity contribution in [3.05, 3.63) is 58.6 Å². The molecule has 110 valence electrons. The minimum absolute atomic E-state index is 0.168. The molecule has 0 aliphatic heterocycles. The molecule has 0 radical (unpaired) electrons. The number of hydrogen-bond donors (Lipinski definition) is 1. The molecule has 5 heteroatoms. The zero-order chi connectivity index (χ0) is 15.4. The highest BCUT2D eigenvalue weighted by atomic mass is 35.5. The summed E-state index contributed by atoms with van der Waals surface area (Å²) < 4.78 is 5.34. The summed E-state index contributed by atoms with van der Waals surface area (Å²) >= 11 is 5.90. The molecule has 0 aromatic heterocycles. The topological polar surface area (TPSA) is 55.6 Å². The molecule has 0 aliphatic carbocycles. The second kappa shape index (κ2) is 6.50. The van der Waals surface area contributed by atoms with E-state index in [1.165, 1.54) is 0 Å². The average molecular weight is 305 g/mol. The first kappa shape index (κ1) is 15.2. The Bertz CT molecular complexity index is 656. The molecule has 0 fully saturated rings. The van der Waals surface area contributed by atoms with E-state index < -0.39 is 5.97 Å². The maximum atomic E-state index is 12.2. The Morgan fingerprint density at radius 1 is 1.24 bits per heavy atom. The highest BCUT2D eigenvalue weighted by molar-refractivity contribution is 6.30. The van der Waals surface area contributed by atoms with Gasteiger partial charge in [0.25, 0.3) is 0 Å². The number of carbonyl (C=O) groups excluding carboxylic acids is 1. The van der Waals surface area contributed by atoms with Crippen molar-refractivity contribution >= 4 is 28.9 Å². The van der Waals surface area contributed by atoms with Crippen molar-refractivity contribution in [3.8, 4) is 0 Å². The second-order valence-electron chi connectivity index (χ2n) is 4.88. The highest BCUT2D eigenvalue weighted by Gasteiger charge is 2.15. The first-order valence-corrected chi connectivity index (χ1v) is 6.83. The Labute approximate surface area is 129 Å². The van der Waals surface area contributed by atoms with Crippen LogP contribution in [0.5, 0.6) is 0 Å². The number of nitrogen functional groups attached to an aromatic ring is 1. The molecule has 2 aromatic rings. The lowest BCUT2D eigenvalue weighted by atomic mass is 10.1. The third kappa shape index (κ3) is 3.89. The summed E-state index contributed by atoms with van der Waals surface area (Å²) in [5, 5.41) is 0.612. The number of halogens is 1. The van der Waals surface area contributed by atoms with Crippen LogP contribution >= 0.6 is 11.6 Å². The highest BCUT2D eigenvalue weighted by Crippen LogP contribution is 2.23. The molecule has 4 nitrogen and oxygen atoms in total. The van der Waals surface area contributed by atoms with E-state index in [9.17, 15) is 4.79 Å². The number of esters is 1. The molecule has 0 unspecified atom stereocenters. The third-order valence-corrected chi connectivity index (χ3v) is 3.22. The molecule has 2 rings (SSSR count). The van der Waals surface area contributed by atoms with Crippen LogP contribution in [0, 0.1) is 0 Å². The zero-order valence-corrected chi connectivity index (χ0v) is 12.7. The maximum absolute atomic E-state index is 12.2. The van der Waals surface area contributed by atoms with Crippen molar-refractivity contribution in [2.45, 2.75) is 6.61 Å². The Balaban J connectivity index is 2.15. The van der Waals surface area contributed by atoms with E-state index in [0.717, 1.165) is 11.3 Å². The fraction of sp³-hybridized carbons (Fsp3) is 0.188. The predicted octanol–water partition coefficient (Wildman–Crippen LogP) is 3.35. The molecule has 2 N–H and O–H groups in total. The molecule has 0 saturated heterocycles. The number of carbonyl (C=O) groups is 1. The van der Waals surface area contributed by atoms with Crippen molar-refractivity contribution in [3.63, 3.8) is 0 Å². The lowest BCUT2D eigenvalue weighted by Gasteiger charge is -2.17. The van der Waals surface area contributed by atoms with Crippen LogP contribution < -0.4 is 10.6 Å². The summed E-state index contributed by atoms with van der Waals surface area (Å²) in [4.78, 5) is 14.1. The van der Waals surface area contributed by atoms with Gasteiger partial charge in [0, 0.05) is 24.8 Å². The van der Waals surface area contributed by atoms with E-state index >= 15 is 0 Å². The Morgan fingerprint density at radius 3 is 2.67 bits per heavy atom. The van der Waals surface area contributed by atoms with Gasteiger partial charge in [-0.15, -0.1) is 0 Å². The lowest BCUT2D eigenvalue weighted by molar-refractivity contribution is 0.0473. The van der Waals surface area contributed by atoms with Crippen LogP contribution in [-0.2, 0) is 11.3 Å². The molecule has 21 heavy (non-hydrogen) atoms. The first-order chi connectivity index (χ1) is 9.97. The number of nitrogens with two attached hydrogens (primary N) is 1. The Hall–Kier alpha value is -2.20. The summed E-state index contributed by atoms with van der Waals surface area (Å²) in [6.45, 7) is 0.168. The molecule has 0 spiro atoms. The molecule has 2 aromatic carbocycles. The van der Waals surface area contributed by atoms with Crippen LogP contribution in [-0.4, -0.2) is 20.1 Å². The number of hydrogen-bond acceptors (Lipinski definition) is 4. The van der Waals surface area contributed by atoms with Gasteiger partial charge in [-0.3, -0.25) is 0 Å². The number of rotatable bonds is 4.